The molecule has 0 saturated heterocycles. The predicted molar refractivity (Wildman–Crippen MR) is 83.7 cm³/mol. The van der Waals surface area contributed by atoms with E-state index in [-0.39, 0.29) is 0 Å². The molecular weight excluding hydrogens is 244 g/mol. The van der Waals surface area contributed by atoms with E-state index in [1.807, 2.05) is 0 Å². The van der Waals surface area contributed by atoms with Gasteiger partial charge in [-0.25, -0.2) is 9.13 Å². The van der Waals surface area contributed by atoms with E-state index in [2.05, 4.69) is 80.4 Å². The normalized spacial score (nSPS) is 11.2. The Morgan fingerprint density at radius 3 is 2.15 bits per heavy atom. The van der Waals surface area contributed by atoms with E-state index in [0.29, 0.717) is 0 Å². The molecule has 0 aliphatic carbocycles. The van der Waals surface area contributed by atoms with Crippen LogP contribution in [0.2, 0.25) is 0 Å². The van der Waals surface area contributed by atoms with Crippen LogP contribution >= 0.6 is 0 Å². The summed E-state index contributed by atoms with van der Waals surface area (Å²) in [4.78, 5) is 0. The van der Waals surface area contributed by atoms with E-state index in [1.165, 1.54) is 39.1 Å². The van der Waals surface area contributed by atoms with Gasteiger partial charge in [-0.1, -0.05) is 29.8 Å². The van der Waals surface area contributed by atoms with Gasteiger partial charge in [0.2, 0.25) is 0 Å². The monoisotopic (exact) mass is 265 g/mol. The molecule has 0 radical (unpaired) electrons. The van der Waals surface area contributed by atoms with Gasteiger partial charge in [0.05, 0.1) is 19.7 Å². The zero-order valence-corrected chi connectivity index (χ0v) is 12.9. The van der Waals surface area contributed by atoms with E-state index in [1.54, 1.807) is 0 Å². The van der Waals surface area contributed by atoms with Crippen LogP contribution in [0, 0.1) is 20.8 Å². The number of hydrogen-bond acceptors (Lipinski definition) is 0. The van der Waals surface area contributed by atoms with Gasteiger partial charge in [0, 0.05) is 0 Å². The van der Waals surface area contributed by atoms with Crippen LogP contribution in [0.4, 0.5) is 0 Å². The van der Waals surface area contributed by atoms with Crippen molar-refractivity contribution in [2.45, 2.75) is 20.8 Å². The second kappa shape index (κ2) is 4.48. The Morgan fingerprint density at radius 1 is 0.950 bits per heavy atom. The average molecular weight is 265 g/mol. The van der Waals surface area contributed by atoms with Gasteiger partial charge in [-0.3, -0.25) is 0 Å². The number of aromatic nitrogens is 2. The van der Waals surface area contributed by atoms with Crippen LogP contribution in [0.25, 0.3) is 22.4 Å². The Hall–Kier alpha value is -2.09. The predicted octanol–water partition coefficient (Wildman–Crippen LogP) is 3.60. The smallest absolute Gasteiger partial charge is 0.226 e. The van der Waals surface area contributed by atoms with Gasteiger partial charge in [-0.05, 0) is 44.0 Å². The van der Waals surface area contributed by atoms with Gasteiger partial charge in [0.15, 0.2) is 11.0 Å². The van der Waals surface area contributed by atoms with Gasteiger partial charge in [0.25, 0.3) is 5.82 Å². The fraction of sp³-hybridized carbons (Fsp3) is 0.278. The zero-order chi connectivity index (χ0) is 14.4. The molecule has 0 N–H and O–H groups in total. The molecule has 2 heteroatoms. The maximum atomic E-state index is 2.29. The van der Waals surface area contributed by atoms with E-state index in [0.717, 1.165) is 0 Å². The fourth-order valence-corrected chi connectivity index (χ4v) is 3.35. The summed E-state index contributed by atoms with van der Waals surface area (Å²) in [6.07, 6.45) is 0. The summed E-state index contributed by atoms with van der Waals surface area (Å²) >= 11 is 0. The molecule has 3 aromatic rings. The lowest BCUT2D eigenvalue weighted by molar-refractivity contribution is -0.634. The highest BCUT2D eigenvalue weighted by molar-refractivity contribution is 5.77. The number of aryl methyl sites for hydroxylation is 5. The highest BCUT2D eigenvalue weighted by atomic mass is 15.1. The lowest BCUT2D eigenvalue weighted by Gasteiger charge is -2.09. The molecule has 2 nitrogen and oxygen atoms in total. The SMILES string of the molecule is Cc1cc(C)c(-c2n(C)c3ccccc3[n+]2C)c(C)c1. The molecule has 3 rings (SSSR count). The quantitative estimate of drug-likeness (QED) is 0.595. The summed E-state index contributed by atoms with van der Waals surface area (Å²) in [5, 5.41) is 0. The molecule has 0 fully saturated rings. The maximum absolute atomic E-state index is 2.29. The number of imidazole rings is 1. The van der Waals surface area contributed by atoms with E-state index in [9.17, 15) is 0 Å². The lowest BCUT2D eigenvalue weighted by Crippen LogP contribution is -2.30. The standard InChI is InChI=1S/C18H21N2/c1-12-10-13(2)17(14(3)11-12)18-19(4)15-8-6-7-9-16(15)20(18)5/h6-11H,1-5H3/q+1. The second-order valence-corrected chi connectivity index (χ2v) is 5.70. The molecule has 1 aromatic heterocycles. The molecular formula is C18H21N2+. The summed E-state index contributed by atoms with van der Waals surface area (Å²) in [6, 6.07) is 13.1. The lowest BCUT2D eigenvalue weighted by atomic mass is 9.99. The Balaban J connectivity index is 2.42. The van der Waals surface area contributed by atoms with Crippen molar-refractivity contribution >= 4 is 11.0 Å². The molecule has 0 saturated carbocycles. The minimum Gasteiger partial charge on any atom is -0.226 e. The molecule has 0 spiro atoms. The minimum absolute atomic E-state index is 1.27. The molecule has 0 aliphatic heterocycles. The van der Waals surface area contributed by atoms with Crippen molar-refractivity contribution in [1.82, 2.24) is 4.57 Å². The molecule has 0 aliphatic rings. The van der Waals surface area contributed by atoms with Gasteiger partial charge in [0.1, 0.15) is 0 Å². The van der Waals surface area contributed by atoms with Gasteiger partial charge in [-0.2, -0.15) is 0 Å². The van der Waals surface area contributed by atoms with E-state index in [4.69, 9.17) is 0 Å². The molecule has 0 atom stereocenters. The first kappa shape index (κ1) is 12.9. The zero-order valence-electron chi connectivity index (χ0n) is 12.9. The second-order valence-electron chi connectivity index (χ2n) is 5.70. The van der Waals surface area contributed by atoms with Gasteiger partial charge in [-0.15, -0.1) is 0 Å². The molecule has 20 heavy (non-hydrogen) atoms. The van der Waals surface area contributed by atoms with Crippen LogP contribution in [0.1, 0.15) is 16.7 Å². The van der Waals surface area contributed by atoms with Crippen molar-refractivity contribution in [1.29, 1.82) is 0 Å². The molecule has 102 valence electrons. The van der Waals surface area contributed by atoms with Crippen LogP contribution < -0.4 is 4.57 Å². The average Bonchev–Trinajstić information content (AvgIpc) is 2.64. The van der Waals surface area contributed by atoms with Crippen molar-refractivity contribution in [2.75, 3.05) is 0 Å². The van der Waals surface area contributed by atoms with Crippen molar-refractivity contribution in [3.8, 4) is 11.4 Å². The number of rotatable bonds is 1. The Labute approximate surface area is 120 Å². The van der Waals surface area contributed by atoms with Crippen molar-refractivity contribution < 1.29 is 4.57 Å². The van der Waals surface area contributed by atoms with Crippen LogP contribution in [0.15, 0.2) is 36.4 Å². The summed E-state index contributed by atoms with van der Waals surface area (Å²) in [6.45, 7) is 6.56. The maximum Gasteiger partial charge on any atom is 0.289 e. The highest BCUT2D eigenvalue weighted by Crippen LogP contribution is 2.28. The number of para-hydroxylation sites is 2. The Kier molecular flexibility index (Phi) is 2.89. The fourth-order valence-electron chi connectivity index (χ4n) is 3.35. The third-order valence-corrected chi connectivity index (χ3v) is 4.14. The number of fused-ring (bicyclic) bond motifs is 1. The highest BCUT2D eigenvalue weighted by Gasteiger charge is 2.24. The third-order valence-electron chi connectivity index (χ3n) is 4.14. The van der Waals surface area contributed by atoms with Gasteiger partial charge >= 0.3 is 0 Å². The first-order valence-electron chi connectivity index (χ1n) is 7.02. The molecule has 2 aromatic carbocycles. The van der Waals surface area contributed by atoms with Crippen LogP contribution in [0.3, 0.4) is 0 Å². The Morgan fingerprint density at radius 2 is 1.55 bits per heavy atom. The molecule has 0 bridgehead atoms. The van der Waals surface area contributed by atoms with E-state index >= 15 is 0 Å². The summed E-state index contributed by atoms with van der Waals surface area (Å²) in [5.74, 6) is 1.27. The van der Waals surface area contributed by atoms with Crippen LogP contribution in [-0.2, 0) is 14.1 Å². The number of nitrogens with zero attached hydrogens (tertiary/aromatic N) is 2. The molecule has 0 unspecified atom stereocenters. The van der Waals surface area contributed by atoms with Crippen molar-refractivity contribution in [3.05, 3.63) is 53.1 Å². The first-order chi connectivity index (χ1) is 9.50. The topological polar surface area (TPSA) is 8.81 Å². The minimum atomic E-state index is 1.27. The van der Waals surface area contributed by atoms with E-state index < -0.39 is 0 Å². The number of benzene rings is 2. The van der Waals surface area contributed by atoms with Crippen molar-refractivity contribution in [3.63, 3.8) is 0 Å². The number of hydrogen-bond donors (Lipinski definition) is 0. The molecule has 1 heterocycles. The van der Waals surface area contributed by atoms with Crippen molar-refractivity contribution in [2.24, 2.45) is 14.1 Å². The summed E-state index contributed by atoms with van der Waals surface area (Å²) < 4.78 is 4.58. The van der Waals surface area contributed by atoms with Crippen LogP contribution in [0.5, 0.6) is 0 Å². The summed E-state index contributed by atoms with van der Waals surface area (Å²) in [7, 11) is 4.30. The Bertz CT molecular complexity index is 748. The first-order valence-corrected chi connectivity index (χ1v) is 7.02. The van der Waals surface area contributed by atoms with Gasteiger partial charge < -0.3 is 0 Å². The largest absolute Gasteiger partial charge is 0.289 e. The molecule has 0 amide bonds. The summed E-state index contributed by atoms with van der Waals surface area (Å²) in [5.41, 5.74) is 7.88. The van der Waals surface area contributed by atoms with Crippen LogP contribution in [-0.4, -0.2) is 4.57 Å². The third kappa shape index (κ3) is 1.75.